The highest BCUT2D eigenvalue weighted by molar-refractivity contribution is 14.1. The van der Waals surface area contributed by atoms with E-state index in [9.17, 15) is 18.0 Å². The Bertz CT molecular complexity index is 480. The topological polar surface area (TPSA) is 74.4 Å². The lowest BCUT2D eigenvalue weighted by molar-refractivity contribution is -0.276. The van der Waals surface area contributed by atoms with Gasteiger partial charge in [-0.05, 0) is 33.7 Å². The van der Waals surface area contributed by atoms with Crippen molar-refractivity contribution in [3.8, 4) is 5.88 Å². The number of nitrogens with two attached hydrogens (primary N) is 1. The highest BCUT2D eigenvalue weighted by atomic mass is 127. The number of carbonyl (C=O) groups is 1. The summed E-state index contributed by atoms with van der Waals surface area (Å²) in [5.41, 5.74) is 6.27. The molecule has 0 amide bonds. The van der Waals surface area contributed by atoms with Gasteiger partial charge in [0.15, 0.2) is 0 Å². The molecular weight excluding hydrogens is 380 g/mol. The predicted octanol–water partition coefficient (Wildman–Crippen LogP) is 1.76. The van der Waals surface area contributed by atoms with Crippen molar-refractivity contribution in [3.05, 3.63) is 20.9 Å². The Labute approximate surface area is 120 Å². The van der Waals surface area contributed by atoms with E-state index < -0.39 is 18.2 Å². The van der Waals surface area contributed by atoms with Crippen LogP contribution in [0.3, 0.4) is 0 Å². The molecule has 2 N–H and O–H groups in total. The van der Waals surface area contributed by atoms with Crippen LogP contribution in [0.25, 0.3) is 0 Å². The quantitative estimate of drug-likeness (QED) is 0.627. The molecule has 0 saturated heterocycles. The fraction of sp³-hybridized carbons (Fsp3) is 0.400. The second kappa shape index (κ2) is 6.37. The molecule has 0 bridgehead atoms. The summed E-state index contributed by atoms with van der Waals surface area (Å²) in [6, 6.07) is 0. The number of ether oxygens (including phenoxy) is 2. The number of methoxy groups -OCH3 is 1. The molecule has 0 aliphatic rings. The van der Waals surface area contributed by atoms with Crippen molar-refractivity contribution < 1.29 is 27.4 Å². The van der Waals surface area contributed by atoms with Crippen molar-refractivity contribution >= 4 is 28.6 Å². The fourth-order valence-electron chi connectivity index (χ4n) is 1.32. The summed E-state index contributed by atoms with van der Waals surface area (Å²) in [6.07, 6.45) is -3.82. The number of nitrogens with zero attached hydrogens (tertiary/aromatic N) is 1. The van der Waals surface area contributed by atoms with Gasteiger partial charge in [0, 0.05) is 12.7 Å². The fourth-order valence-corrected chi connectivity index (χ4v) is 2.14. The molecule has 0 atom stereocenters. The summed E-state index contributed by atoms with van der Waals surface area (Å²) >= 11 is 1.65. The van der Waals surface area contributed by atoms with Crippen molar-refractivity contribution in [1.82, 2.24) is 4.98 Å². The van der Waals surface area contributed by atoms with Gasteiger partial charge in [-0.25, -0.2) is 4.98 Å². The Kier molecular flexibility index (Phi) is 5.35. The number of carbonyl (C=O) groups excluding carboxylic acids is 1. The van der Waals surface area contributed by atoms with Crippen molar-refractivity contribution in [3.63, 3.8) is 0 Å². The first-order valence-corrected chi connectivity index (χ1v) is 6.05. The molecule has 1 rings (SSSR count). The molecule has 0 aliphatic heterocycles. The van der Waals surface area contributed by atoms with Gasteiger partial charge in [0.25, 0.3) is 0 Å². The number of aromatic nitrogens is 1. The molecule has 106 valence electrons. The number of hydrogen-bond donors (Lipinski definition) is 1. The molecule has 19 heavy (non-hydrogen) atoms. The van der Waals surface area contributed by atoms with Gasteiger partial charge in [0.1, 0.15) is 0 Å². The van der Waals surface area contributed by atoms with E-state index in [1.165, 1.54) is 7.11 Å². The molecule has 0 aromatic carbocycles. The Morgan fingerprint density at radius 3 is 2.63 bits per heavy atom. The summed E-state index contributed by atoms with van der Waals surface area (Å²) in [7, 11) is 1.21. The molecule has 0 aliphatic carbocycles. The monoisotopic (exact) mass is 390 g/mol. The second-order valence-electron chi connectivity index (χ2n) is 3.39. The van der Waals surface area contributed by atoms with E-state index in [0.29, 0.717) is 11.1 Å². The van der Waals surface area contributed by atoms with Crippen LogP contribution in [0, 0.1) is 3.57 Å². The van der Waals surface area contributed by atoms with E-state index in [-0.39, 0.29) is 16.5 Å². The summed E-state index contributed by atoms with van der Waals surface area (Å²) in [5, 5.41) is 0. The number of rotatable bonds is 4. The smallest absolute Gasteiger partial charge is 0.469 e. The first kappa shape index (κ1) is 16.0. The molecule has 0 fully saturated rings. The average Bonchev–Trinajstić information content (AvgIpc) is 2.31. The van der Waals surface area contributed by atoms with Gasteiger partial charge in [-0.1, -0.05) is 0 Å². The summed E-state index contributed by atoms with van der Waals surface area (Å²) < 4.78 is 44.8. The largest absolute Gasteiger partial charge is 0.574 e. The molecule has 1 aromatic heterocycles. The lowest BCUT2D eigenvalue weighted by atomic mass is 10.1. The molecular formula is C10H10F3IN2O3. The molecule has 9 heteroatoms. The highest BCUT2D eigenvalue weighted by Gasteiger charge is 2.33. The van der Waals surface area contributed by atoms with Crippen molar-refractivity contribution in [2.45, 2.75) is 19.3 Å². The van der Waals surface area contributed by atoms with E-state index in [4.69, 9.17) is 5.73 Å². The van der Waals surface area contributed by atoms with E-state index in [0.717, 1.165) is 6.20 Å². The minimum absolute atomic E-state index is 0.0403. The van der Waals surface area contributed by atoms with Crippen LogP contribution in [0.5, 0.6) is 5.88 Å². The summed E-state index contributed by atoms with van der Waals surface area (Å²) in [6.45, 7) is -0.0403. The van der Waals surface area contributed by atoms with E-state index in [1.54, 1.807) is 22.6 Å². The first-order valence-electron chi connectivity index (χ1n) is 4.97. The van der Waals surface area contributed by atoms with Crippen molar-refractivity contribution in [2.24, 2.45) is 5.73 Å². The molecule has 1 heterocycles. The van der Waals surface area contributed by atoms with Crippen LogP contribution < -0.4 is 10.5 Å². The van der Waals surface area contributed by atoms with Crippen LogP contribution in [0.4, 0.5) is 13.2 Å². The van der Waals surface area contributed by atoms with E-state index in [2.05, 4.69) is 14.5 Å². The minimum atomic E-state index is -4.83. The summed E-state index contributed by atoms with van der Waals surface area (Å²) in [5.74, 6) is -1.11. The Balaban J connectivity index is 3.12. The molecule has 0 radical (unpaired) electrons. The molecule has 0 unspecified atom stereocenters. The van der Waals surface area contributed by atoms with Crippen LogP contribution in [-0.2, 0) is 22.5 Å². The molecule has 5 nitrogen and oxygen atoms in total. The van der Waals surface area contributed by atoms with Crippen LogP contribution >= 0.6 is 22.6 Å². The average molecular weight is 390 g/mol. The van der Waals surface area contributed by atoms with Crippen molar-refractivity contribution in [2.75, 3.05) is 7.11 Å². The van der Waals surface area contributed by atoms with Gasteiger partial charge in [-0.2, -0.15) is 0 Å². The third-order valence-electron chi connectivity index (χ3n) is 2.16. The molecule has 1 aromatic rings. The third-order valence-corrected chi connectivity index (χ3v) is 3.27. The van der Waals surface area contributed by atoms with Crippen LogP contribution in [0.2, 0.25) is 0 Å². The Morgan fingerprint density at radius 2 is 2.16 bits per heavy atom. The Morgan fingerprint density at radius 1 is 1.53 bits per heavy atom. The van der Waals surface area contributed by atoms with Gasteiger partial charge >= 0.3 is 12.3 Å². The van der Waals surface area contributed by atoms with Gasteiger partial charge in [-0.15, -0.1) is 13.2 Å². The SMILES string of the molecule is COC(=O)Cc1cnc(OC(F)(F)F)c(I)c1CN. The first-order chi connectivity index (χ1) is 8.78. The van der Waals surface area contributed by atoms with Gasteiger partial charge in [0.05, 0.1) is 17.1 Å². The maximum atomic E-state index is 12.2. The second-order valence-corrected chi connectivity index (χ2v) is 4.46. The normalized spacial score (nSPS) is 11.3. The lowest BCUT2D eigenvalue weighted by Crippen LogP contribution is -2.20. The van der Waals surface area contributed by atoms with Crippen LogP contribution in [-0.4, -0.2) is 24.4 Å². The third kappa shape index (κ3) is 4.49. The van der Waals surface area contributed by atoms with Crippen molar-refractivity contribution in [1.29, 1.82) is 0 Å². The van der Waals surface area contributed by atoms with Gasteiger partial charge in [-0.3, -0.25) is 4.79 Å². The number of halogens is 4. The molecule has 0 saturated carbocycles. The number of alkyl halides is 3. The zero-order chi connectivity index (χ0) is 14.6. The number of esters is 1. The minimum Gasteiger partial charge on any atom is -0.469 e. The van der Waals surface area contributed by atoms with Gasteiger partial charge < -0.3 is 15.2 Å². The maximum absolute atomic E-state index is 12.2. The van der Waals surface area contributed by atoms with Crippen LogP contribution in [0.1, 0.15) is 11.1 Å². The van der Waals surface area contributed by atoms with Gasteiger partial charge in [0.2, 0.25) is 5.88 Å². The lowest BCUT2D eigenvalue weighted by Gasteiger charge is -2.14. The predicted molar refractivity (Wildman–Crippen MR) is 67.2 cm³/mol. The zero-order valence-electron chi connectivity index (χ0n) is 9.75. The zero-order valence-corrected chi connectivity index (χ0v) is 11.9. The van der Waals surface area contributed by atoms with E-state index in [1.807, 2.05) is 0 Å². The Hall–Kier alpha value is -1.10. The standard InChI is InChI=1S/C10H10F3IN2O3/c1-18-7(17)2-5-4-16-9(19-10(11,12)13)8(14)6(5)3-15/h4H,2-3,15H2,1H3. The molecule has 0 spiro atoms. The highest BCUT2D eigenvalue weighted by Crippen LogP contribution is 2.29. The van der Waals surface area contributed by atoms with Crippen LogP contribution in [0.15, 0.2) is 6.20 Å². The van der Waals surface area contributed by atoms with E-state index >= 15 is 0 Å². The number of pyridine rings is 1. The summed E-state index contributed by atoms with van der Waals surface area (Å²) in [4.78, 5) is 14.7. The maximum Gasteiger partial charge on any atom is 0.574 e. The number of hydrogen-bond acceptors (Lipinski definition) is 5.